The van der Waals surface area contributed by atoms with Crippen LogP contribution in [0.25, 0.3) is 0 Å². The van der Waals surface area contributed by atoms with Crippen molar-refractivity contribution in [2.45, 2.75) is 45.2 Å². The first-order chi connectivity index (χ1) is 8.61. The maximum absolute atomic E-state index is 5.93. The molecule has 0 spiro atoms. The van der Waals surface area contributed by atoms with Crippen LogP contribution in [0.4, 0.5) is 0 Å². The molecular formula is C14H24N2OS. The SMILES string of the molecule is CNCc1oc(CN2CCSC(C)C2C)cc1C. The zero-order chi connectivity index (χ0) is 13.1. The summed E-state index contributed by atoms with van der Waals surface area (Å²) in [4.78, 5) is 2.53. The average molecular weight is 268 g/mol. The highest BCUT2D eigenvalue weighted by molar-refractivity contribution is 8.00. The Hall–Kier alpha value is -0.450. The molecule has 1 fully saturated rings. The summed E-state index contributed by atoms with van der Waals surface area (Å²) in [7, 11) is 1.95. The third kappa shape index (κ3) is 3.11. The van der Waals surface area contributed by atoms with Gasteiger partial charge in [-0.2, -0.15) is 11.8 Å². The van der Waals surface area contributed by atoms with Crippen molar-refractivity contribution in [1.82, 2.24) is 10.2 Å². The van der Waals surface area contributed by atoms with Gasteiger partial charge in [0.2, 0.25) is 0 Å². The standard InChI is InChI=1S/C14H24N2OS/c1-10-7-13(17-14(10)8-15-4)9-16-5-6-18-12(3)11(16)2/h7,11-12,15H,5-6,8-9H2,1-4H3. The van der Waals surface area contributed by atoms with E-state index in [1.54, 1.807) is 0 Å². The number of hydrogen-bond acceptors (Lipinski definition) is 4. The fourth-order valence-electron chi connectivity index (χ4n) is 2.42. The second-order valence-corrected chi connectivity index (χ2v) is 6.62. The molecule has 0 aromatic carbocycles. The Morgan fingerprint density at radius 1 is 1.50 bits per heavy atom. The van der Waals surface area contributed by atoms with E-state index >= 15 is 0 Å². The molecule has 0 saturated carbocycles. The molecule has 2 rings (SSSR count). The van der Waals surface area contributed by atoms with E-state index in [4.69, 9.17) is 4.42 Å². The van der Waals surface area contributed by atoms with E-state index in [0.29, 0.717) is 11.3 Å². The first-order valence-electron chi connectivity index (χ1n) is 6.70. The van der Waals surface area contributed by atoms with Crippen molar-refractivity contribution < 1.29 is 4.42 Å². The van der Waals surface area contributed by atoms with Gasteiger partial charge < -0.3 is 9.73 Å². The summed E-state index contributed by atoms with van der Waals surface area (Å²) in [5, 5.41) is 3.86. The van der Waals surface area contributed by atoms with Gasteiger partial charge in [-0.25, -0.2) is 0 Å². The molecule has 4 heteroatoms. The van der Waals surface area contributed by atoms with Crippen LogP contribution in [-0.4, -0.2) is 35.5 Å². The molecule has 2 atom stereocenters. The Morgan fingerprint density at radius 2 is 2.28 bits per heavy atom. The van der Waals surface area contributed by atoms with Crippen molar-refractivity contribution >= 4 is 11.8 Å². The number of aryl methyl sites for hydroxylation is 1. The van der Waals surface area contributed by atoms with Gasteiger partial charge in [0.05, 0.1) is 13.1 Å². The Bertz CT molecular complexity index is 391. The summed E-state index contributed by atoms with van der Waals surface area (Å²) in [6.07, 6.45) is 0. The predicted octanol–water partition coefficient (Wildman–Crippen LogP) is 2.63. The molecule has 1 saturated heterocycles. The minimum Gasteiger partial charge on any atom is -0.463 e. The Morgan fingerprint density at radius 3 is 3.00 bits per heavy atom. The zero-order valence-electron chi connectivity index (χ0n) is 11.8. The summed E-state index contributed by atoms with van der Waals surface area (Å²) in [6, 6.07) is 2.81. The molecular weight excluding hydrogens is 244 g/mol. The highest BCUT2D eigenvalue weighted by Crippen LogP contribution is 2.26. The lowest BCUT2D eigenvalue weighted by molar-refractivity contribution is 0.187. The number of nitrogens with zero attached hydrogens (tertiary/aromatic N) is 1. The average Bonchev–Trinajstić information content (AvgIpc) is 2.66. The van der Waals surface area contributed by atoms with Crippen molar-refractivity contribution in [2.75, 3.05) is 19.3 Å². The molecule has 1 aromatic rings. The van der Waals surface area contributed by atoms with Crippen LogP contribution in [0.5, 0.6) is 0 Å². The minimum absolute atomic E-state index is 0.627. The summed E-state index contributed by atoms with van der Waals surface area (Å²) < 4.78 is 5.93. The molecule has 1 aromatic heterocycles. The maximum Gasteiger partial charge on any atom is 0.120 e. The quantitative estimate of drug-likeness (QED) is 0.909. The highest BCUT2D eigenvalue weighted by atomic mass is 32.2. The second-order valence-electron chi connectivity index (χ2n) is 5.14. The number of rotatable bonds is 4. The molecule has 0 radical (unpaired) electrons. The van der Waals surface area contributed by atoms with Crippen molar-refractivity contribution in [1.29, 1.82) is 0 Å². The third-order valence-electron chi connectivity index (χ3n) is 3.78. The third-order valence-corrected chi connectivity index (χ3v) is 5.12. The van der Waals surface area contributed by atoms with Gasteiger partial charge in [-0.1, -0.05) is 6.92 Å². The molecule has 1 aliphatic heterocycles. The zero-order valence-corrected chi connectivity index (χ0v) is 12.6. The fourth-order valence-corrected chi connectivity index (χ4v) is 3.59. The van der Waals surface area contributed by atoms with Crippen molar-refractivity contribution in [3.63, 3.8) is 0 Å². The first-order valence-corrected chi connectivity index (χ1v) is 7.75. The topological polar surface area (TPSA) is 28.4 Å². The Labute approximate surface area is 114 Å². The van der Waals surface area contributed by atoms with Crippen LogP contribution >= 0.6 is 11.8 Å². The van der Waals surface area contributed by atoms with E-state index in [0.717, 1.165) is 31.2 Å². The lowest BCUT2D eigenvalue weighted by Crippen LogP contribution is -2.43. The molecule has 2 heterocycles. The van der Waals surface area contributed by atoms with Crippen molar-refractivity contribution in [2.24, 2.45) is 0 Å². The van der Waals surface area contributed by atoms with Gasteiger partial charge >= 0.3 is 0 Å². The Balaban J connectivity index is 2.02. The van der Waals surface area contributed by atoms with Crippen LogP contribution in [0.2, 0.25) is 0 Å². The van der Waals surface area contributed by atoms with Gasteiger partial charge in [-0.3, -0.25) is 4.90 Å². The van der Waals surface area contributed by atoms with Crippen LogP contribution in [0.1, 0.15) is 30.9 Å². The fraction of sp³-hybridized carbons (Fsp3) is 0.714. The predicted molar refractivity (Wildman–Crippen MR) is 78.0 cm³/mol. The van der Waals surface area contributed by atoms with E-state index in [1.165, 1.54) is 11.3 Å². The maximum atomic E-state index is 5.93. The molecule has 0 bridgehead atoms. The second kappa shape index (κ2) is 6.13. The normalized spacial score (nSPS) is 25.6. The highest BCUT2D eigenvalue weighted by Gasteiger charge is 2.25. The molecule has 3 nitrogen and oxygen atoms in total. The largest absolute Gasteiger partial charge is 0.463 e. The van der Waals surface area contributed by atoms with Gasteiger partial charge in [0, 0.05) is 23.6 Å². The van der Waals surface area contributed by atoms with Gasteiger partial charge in [0.1, 0.15) is 11.5 Å². The first kappa shape index (κ1) is 14.0. The lowest BCUT2D eigenvalue weighted by atomic mass is 10.2. The van der Waals surface area contributed by atoms with Crippen LogP contribution in [-0.2, 0) is 13.1 Å². The molecule has 0 amide bonds. The molecule has 102 valence electrons. The van der Waals surface area contributed by atoms with E-state index < -0.39 is 0 Å². The summed E-state index contributed by atoms with van der Waals surface area (Å²) in [5.74, 6) is 3.40. The summed E-state index contributed by atoms with van der Waals surface area (Å²) in [5.41, 5.74) is 1.26. The summed E-state index contributed by atoms with van der Waals surface area (Å²) >= 11 is 2.07. The molecule has 1 N–H and O–H groups in total. The molecule has 2 unspecified atom stereocenters. The van der Waals surface area contributed by atoms with Gasteiger partial charge in [-0.15, -0.1) is 0 Å². The van der Waals surface area contributed by atoms with Gasteiger partial charge in [0.25, 0.3) is 0 Å². The number of thioether (sulfide) groups is 1. The number of nitrogens with one attached hydrogen (secondary N) is 1. The smallest absolute Gasteiger partial charge is 0.120 e. The van der Waals surface area contributed by atoms with Crippen molar-refractivity contribution in [3.8, 4) is 0 Å². The Kier molecular flexibility index (Phi) is 4.76. The monoisotopic (exact) mass is 268 g/mol. The van der Waals surface area contributed by atoms with Crippen molar-refractivity contribution in [3.05, 3.63) is 23.2 Å². The summed E-state index contributed by atoms with van der Waals surface area (Å²) in [6.45, 7) is 9.68. The van der Waals surface area contributed by atoms with Crippen LogP contribution < -0.4 is 5.32 Å². The van der Waals surface area contributed by atoms with Gasteiger partial charge in [-0.05, 0) is 32.5 Å². The van der Waals surface area contributed by atoms with E-state index in [1.807, 2.05) is 7.05 Å². The van der Waals surface area contributed by atoms with E-state index in [-0.39, 0.29) is 0 Å². The van der Waals surface area contributed by atoms with E-state index in [9.17, 15) is 0 Å². The molecule has 0 aliphatic carbocycles. The number of hydrogen-bond donors (Lipinski definition) is 1. The minimum atomic E-state index is 0.627. The molecule has 18 heavy (non-hydrogen) atoms. The van der Waals surface area contributed by atoms with Crippen LogP contribution in [0.15, 0.2) is 10.5 Å². The van der Waals surface area contributed by atoms with Gasteiger partial charge in [0.15, 0.2) is 0 Å². The lowest BCUT2D eigenvalue weighted by Gasteiger charge is -2.36. The van der Waals surface area contributed by atoms with Crippen LogP contribution in [0, 0.1) is 6.92 Å². The molecule has 1 aliphatic rings. The number of furan rings is 1. The van der Waals surface area contributed by atoms with E-state index in [2.05, 4.69) is 48.8 Å². The van der Waals surface area contributed by atoms with Crippen LogP contribution in [0.3, 0.4) is 0 Å².